The van der Waals surface area contributed by atoms with Crippen LogP contribution in [0.4, 0.5) is 0 Å². The van der Waals surface area contributed by atoms with Crippen molar-refractivity contribution >= 4 is 17.9 Å². The number of unbranched alkanes of at least 4 members (excludes halogenated alkanes) is 30. The number of ether oxygens (including phenoxy) is 3. The fraction of sp³-hybridized carbons (Fsp3) is 0.833. The van der Waals surface area contributed by atoms with E-state index in [1.807, 2.05) is 0 Å². The zero-order valence-corrected chi connectivity index (χ0v) is 40.0. The van der Waals surface area contributed by atoms with Crippen LogP contribution in [0.3, 0.4) is 0 Å². The quantitative estimate of drug-likeness (QED) is 0.0263. The molecule has 0 aliphatic rings. The van der Waals surface area contributed by atoms with Crippen LogP contribution in [-0.2, 0) is 28.6 Å². The zero-order valence-electron chi connectivity index (χ0n) is 40.0. The van der Waals surface area contributed by atoms with E-state index in [2.05, 4.69) is 57.2 Å². The van der Waals surface area contributed by atoms with Crippen molar-refractivity contribution in [2.24, 2.45) is 0 Å². The van der Waals surface area contributed by atoms with E-state index in [9.17, 15) is 14.4 Å². The molecule has 6 heteroatoms. The lowest BCUT2D eigenvalue weighted by atomic mass is 10.0. The van der Waals surface area contributed by atoms with Gasteiger partial charge in [-0.3, -0.25) is 14.4 Å². The predicted molar refractivity (Wildman–Crippen MR) is 256 cm³/mol. The van der Waals surface area contributed by atoms with Crippen molar-refractivity contribution in [1.29, 1.82) is 0 Å². The molecule has 0 rings (SSSR count). The minimum absolute atomic E-state index is 0.0739. The van der Waals surface area contributed by atoms with E-state index in [1.165, 1.54) is 154 Å². The third-order valence-corrected chi connectivity index (χ3v) is 11.4. The Kier molecular flexibility index (Phi) is 47.3. The van der Waals surface area contributed by atoms with E-state index in [0.717, 1.165) is 77.0 Å². The standard InChI is InChI=1S/C54H98O6/c1-4-7-10-13-16-18-20-22-24-26-27-29-30-32-34-36-38-41-44-47-53(56)59-50-51(49-58-52(55)46-43-40-15-12-9-6-3)60-54(57)48-45-42-39-37-35-33-31-28-25-23-21-19-17-14-11-8-5-2/h16,18,22,24,27,29,51H,4-15,17,19-21,23,25-26,28,30-50H2,1-3H3/b18-16-,24-22-,29-27-. The Morgan fingerprint density at radius 3 is 0.967 bits per heavy atom. The van der Waals surface area contributed by atoms with E-state index < -0.39 is 6.10 Å². The minimum atomic E-state index is -0.770. The molecule has 0 bridgehead atoms. The monoisotopic (exact) mass is 843 g/mol. The van der Waals surface area contributed by atoms with Gasteiger partial charge in [-0.05, 0) is 57.8 Å². The van der Waals surface area contributed by atoms with E-state index >= 15 is 0 Å². The van der Waals surface area contributed by atoms with Gasteiger partial charge in [-0.15, -0.1) is 0 Å². The van der Waals surface area contributed by atoms with Gasteiger partial charge in [-0.1, -0.05) is 231 Å². The summed E-state index contributed by atoms with van der Waals surface area (Å²) in [5, 5.41) is 0. The Labute approximate surface area is 372 Å². The molecule has 0 aromatic carbocycles. The molecule has 0 aromatic heterocycles. The fourth-order valence-corrected chi connectivity index (χ4v) is 7.45. The number of hydrogen-bond donors (Lipinski definition) is 0. The second-order valence-corrected chi connectivity index (χ2v) is 17.4. The Morgan fingerprint density at radius 1 is 0.333 bits per heavy atom. The van der Waals surface area contributed by atoms with Crippen molar-refractivity contribution in [2.75, 3.05) is 13.2 Å². The van der Waals surface area contributed by atoms with Crippen molar-refractivity contribution in [3.63, 3.8) is 0 Å². The third-order valence-electron chi connectivity index (χ3n) is 11.4. The van der Waals surface area contributed by atoms with Gasteiger partial charge in [-0.25, -0.2) is 0 Å². The third kappa shape index (κ3) is 46.7. The summed E-state index contributed by atoms with van der Waals surface area (Å²) in [5.41, 5.74) is 0. The number of carbonyl (C=O) groups excluding carboxylic acids is 3. The van der Waals surface area contributed by atoms with Crippen LogP contribution in [-0.4, -0.2) is 37.2 Å². The Morgan fingerprint density at radius 2 is 0.600 bits per heavy atom. The lowest BCUT2D eigenvalue weighted by Gasteiger charge is -2.18. The van der Waals surface area contributed by atoms with E-state index in [-0.39, 0.29) is 31.1 Å². The Balaban J connectivity index is 4.21. The lowest BCUT2D eigenvalue weighted by Crippen LogP contribution is -2.30. The van der Waals surface area contributed by atoms with Crippen LogP contribution in [0, 0.1) is 0 Å². The molecule has 6 nitrogen and oxygen atoms in total. The Bertz CT molecular complexity index is 1020. The van der Waals surface area contributed by atoms with Crippen LogP contribution in [0.25, 0.3) is 0 Å². The van der Waals surface area contributed by atoms with Gasteiger partial charge in [0.05, 0.1) is 0 Å². The maximum atomic E-state index is 12.7. The first-order valence-electron chi connectivity index (χ1n) is 26.0. The van der Waals surface area contributed by atoms with Crippen molar-refractivity contribution in [3.05, 3.63) is 36.5 Å². The largest absolute Gasteiger partial charge is 0.462 e. The second-order valence-electron chi connectivity index (χ2n) is 17.4. The maximum Gasteiger partial charge on any atom is 0.306 e. The summed E-state index contributed by atoms with van der Waals surface area (Å²) >= 11 is 0. The smallest absolute Gasteiger partial charge is 0.306 e. The summed E-state index contributed by atoms with van der Waals surface area (Å²) in [5.74, 6) is -0.885. The molecule has 0 saturated heterocycles. The maximum absolute atomic E-state index is 12.7. The van der Waals surface area contributed by atoms with Crippen molar-refractivity contribution in [2.45, 2.75) is 277 Å². The summed E-state index contributed by atoms with van der Waals surface area (Å²) in [4.78, 5) is 37.7. The molecule has 0 radical (unpaired) electrons. The van der Waals surface area contributed by atoms with Gasteiger partial charge < -0.3 is 14.2 Å². The van der Waals surface area contributed by atoms with Gasteiger partial charge in [0.1, 0.15) is 13.2 Å². The number of hydrogen-bond acceptors (Lipinski definition) is 6. The second kappa shape index (κ2) is 49.3. The molecule has 60 heavy (non-hydrogen) atoms. The molecular formula is C54H98O6. The first kappa shape index (κ1) is 57.6. The van der Waals surface area contributed by atoms with Gasteiger partial charge >= 0.3 is 17.9 Å². The normalized spacial score (nSPS) is 12.2. The highest BCUT2D eigenvalue weighted by Crippen LogP contribution is 2.16. The van der Waals surface area contributed by atoms with Crippen LogP contribution < -0.4 is 0 Å². The van der Waals surface area contributed by atoms with Gasteiger partial charge in [0.25, 0.3) is 0 Å². The van der Waals surface area contributed by atoms with Crippen molar-refractivity contribution in [3.8, 4) is 0 Å². The number of allylic oxidation sites excluding steroid dienone is 6. The molecule has 0 saturated carbocycles. The molecule has 0 amide bonds. The predicted octanol–water partition coefficient (Wildman–Crippen LogP) is 16.9. The molecular weight excluding hydrogens is 745 g/mol. The van der Waals surface area contributed by atoms with Gasteiger partial charge in [-0.2, -0.15) is 0 Å². The first-order valence-corrected chi connectivity index (χ1v) is 26.0. The highest BCUT2D eigenvalue weighted by atomic mass is 16.6. The van der Waals surface area contributed by atoms with Crippen LogP contribution in [0.15, 0.2) is 36.5 Å². The molecule has 0 aliphatic heterocycles. The number of carbonyl (C=O) groups is 3. The van der Waals surface area contributed by atoms with Crippen molar-refractivity contribution < 1.29 is 28.6 Å². The summed E-state index contributed by atoms with van der Waals surface area (Å²) in [6, 6.07) is 0. The number of rotatable bonds is 47. The molecule has 0 aromatic rings. The van der Waals surface area contributed by atoms with Gasteiger partial charge in [0.2, 0.25) is 0 Å². The highest BCUT2D eigenvalue weighted by molar-refractivity contribution is 5.71. The zero-order chi connectivity index (χ0) is 43.7. The van der Waals surface area contributed by atoms with Crippen LogP contribution in [0.1, 0.15) is 271 Å². The summed E-state index contributed by atoms with van der Waals surface area (Å²) in [6.07, 6.45) is 57.2. The first-order chi connectivity index (χ1) is 29.5. The molecule has 0 spiro atoms. The van der Waals surface area contributed by atoms with Crippen LogP contribution in [0.2, 0.25) is 0 Å². The topological polar surface area (TPSA) is 78.9 Å². The minimum Gasteiger partial charge on any atom is -0.462 e. The molecule has 0 fully saturated rings. The summed E-state index contributed by atoms with van der Waals surface area (Å²) in [6.45, 7) is 6.56. The SMILES string of the molecule is CCCCC/C=C\C/C=C\C/C=C\CCCCCCCCC(=O)OCC(COC(=O)CCCCCCCC)OC(=O)CCCCCCCCCCCCCCCCCCC. The molecule has 0 N–H and O–H groups in total. The van der Waals surface area contributed by atoms with E-state index in [0.29, 0.717) is 19.3 Å². The van der Waals surface area contributed by atoms with Gasteiger partial charge in [0, 0.05) is 19.3 Å². The average molecular weight is 843 g/mol. The van der Waals surface area contributed by atoms with E-state index in [4.69, 9.17) is 14.2 Å². The van der Waals surface area contributed by atoms with Crippen molar-refractivity contribution in [1.82, 2.24) is 0 Å². The fourth-order valence-electron chi connectivity index (χ4n) is 7.45. The Hall–Kier alpha value is -2.37. The molecule has 1 unspecified atom stereocenters. The molecule has 350 valence electrons. The highest BCUT2D eigenvalue weighted by Gasteiger charge is 2.19. The van der Waals surface area contributed by atoms with Crippen LogP contribution >= 0.6 is 0 Å². The average Bonchev–Trinajstić information content (AvgIpc) is 3.24. The molecule has 0 aliphatic carbocycles. The summed E-state index contributed by atoms with van der Waals surface area (Å²) < 4.78 is 16.7. The molecule has 1 atom stereocenters. The summed E-state index contributed by atoms with van der Waals surface area (Å²) in [7, 11) is 0. The number of esters is 3. The van der Waals surface area contributed by atoms with Crippen LogP contribution in [0.5, 0.6) is 0 Å². The molecule has 0 heterocycles. The van der Waals surface area contributed by atoms with Gasteiger partial charge in [0.15, 0.2) is 6.10 Å². The lowest BCUT2D eigenvalue weighted by molar-refractivity contribution is -0.167. The van der Waals surface area contributed by atoms with E-state index in [1.54, 1.807) is 0 Å².